The molecule has 0 aromatic carbocycles. The first-order valence-corrected chi connectivity index (χ1v) is 6.31. The third-order valence-electron chi connectivity index (χ3n) is 2.94. The minimum absolute atomic E-state index is 0.371. The molecule has 1 N–H and O–H groups in total. The zero-order valence-electron chi connectivity index (χ0n) is 11.8. The van der Waals surface area contributed by atoms with Crippen LogP contribution < -0.4 is 5.32 Å². The lowest BCUT2D eigenvalue weighted by molar-refractivity contribution is 0.0599. The molecule has 0 amide bonds. The number of rotatable bonds is 4. The van der Waals surface area contributed by atoms with E-state index in [1.54, 1.807) is 19.1 Å². The van der Waals surface area contributed by atoms with E-state index in [1.165, 1.54) is 7.11 Å². The van der Waals surface area contributed by atoms with Crippen LogP contribution in [-0.4, -0.2) is 23.0 Å². The largest absolute Gasteiger partial charge is 0.465 e. The summed E-state index contributed by atoms with van der Waals surface area (Å²) in [5.41, 5.74) is 3.19. The molecule has 2 rings (SSSR count). The smallest absolute Gasteiger partial charge is 0.339 e. The molecule has 0 aliphatic rings. The summed E-state index contributed by atoms with van der Waals surface area (Å²) in [5.74, 6) is 0.347. The van der Waals surface area contributed by atoms with Gasteiger partial charge in [0.2, 0.25) is 0 Å². The zero-order chi connectivity index (χ0) is 14.5. The van der Waals surface area contributed by atoms with Gasteiger partial charge >= 0.3 is 5.97 Å². The van der Waals surface area contributed by atoms with E-state index in [0.717, 1.165) is 17.1 Å². The Hall–Kier alpha value is -2.43. The van der Waals surface area contributed by atoms with Gasteiger partial charge in [-0.25, -0.2) is 9.78 Å². The molecule has 0 spiro atoms. The molecule has 0 atom stereocenters. The second kappa shape index (κ2) is 6.14. The van der Waals surface area contributed by atoms with Gasteiger partial charge < -0.3 is 10.1 Å². The Morgan fingerprint density at radius 1 is 1.25 bits per heavy atom. The number of nitrogens with one attached hydrogen (secondary N) is 1. The van der Waals surface area contributed by atoms with Crippen molar-refractivity contribution in [2.24, 2.45) is 0 Å². The normalized spacial score (nSPS) is 10.2. The first kappa shape index (κ1) is 14.0. The van der Waals surface area contributed by atoms with E-state index in [4.69, 9.17) is 0 Å². The van der Waals surface area contributed by atoms with Crippen LogP contribution in [0.4, 0.5) is 5.82 Å². The molecule has 104 valence electrons. The molecule has 2 aromatic rings. The first-order valence-electron chi connectivity index (χ1n) is 6.31. The summed E-state index contributed by atoms with van der Waals surface area (Å²) in [4.78, 5) is 20.0. The Morgan fingerprint density at radius 3 is 2.65 bits per heavy atom. The molecule has 0 aliphatic heterocycles. The molecule has 20 heavy (non-hydrogen) atoms. The quantitative estimate of drug-likeness (QED) is 0.865. The number of hydrogen-bond donors (Lipinski definition) is 1. The number of anilines is 1. The molecule has 0 unspecified atom stereocenters. The molecule has 5 nitrogen and oxygen atoms in total. The van der Waals surface area contributed by atoms with Crippen molar-refractivity contribution < 1.29 is 9.53 Å². The van der Waals surface area contributed by atoms with Gasteiger partial charge in [0.15, 0.2) is 0 Å². The standard InChI is InChI=1S/C15H17N3O2/c1-10-4-5-12(8-16-10)9-17-14-7-6-13(11(2)18-14)15(19)20-3/h4-8H,9H2,1-3H3,(H,17,18). The number of carbonyl (C=O) groups excluding carboxylic acids is 1. The van der Waals surface area contributed by atoms with Gasteiger partial charge in [-0.05, 0) is 37.6 Å². The van der Waals surface area contributed by atoms with E-state index in [1.807, 2.05) is 25.3 Å². The van der Waals surface area contributed by atoms with Gasteiger partial charge in [0.25, 0.3) is 0 Å². The van der Waals surface area contributed by atoms with Gasteiger partial charge in [-0.15, -0.1) is 0 Å². The molecule has 0 fully saturated rings. The number of aryl methyl sites for hydroxylation is 2. The highest BCUT2D eigenvalue weighted by molar-refractivity contribution is 5.90. The molecule has 2 aromatic heterocycles. The van der Waals surface area contributed by atoms with Crippen LogP contribution in [-0.2, 0) is 11.3 Å². The molecule has 5 heteroatoms. The van der Waals surface area contributed by atoms with Crippen LogP contribution in [0.15, 0.2) is 30.5 Å². The molecule has 2 heterocycles. The van der Waals surface area contributed by atoms with E-state index < -0.39 is 0 Å². The highest BCUT2D eigenvalue weighted by Crippen LogP contribution is 2.12. The summed E-state index contributed by atoms with van der Waals surface area (Å²) >= 11 is 0. The van der Waals surface area contributed by atoms with Crippen molar-refractivity contribution >= 4 is 11.8 Å². The minimum atomic E-state index is -0.371. The van der Waals surface area contributed by atoms with Gasteiger partial charge in [0.05, 0.1) is 18.4 Å². The minimum Gasteiger partial charge on any atom is -0.465 e. The Kier molecular flexibility index (Phi) is 4.30. The van der Waals surface area contributed by atoms with Crippen molar-refractivity contribution in [3.63, 3.8) is 0 Å². The number of hydrogen-bond acceptors (Lipinski definition) is 5. The predicted molar refractivity (Wildman–Crippen MR) is 76.6 cm³/mol. The van der Waals surface area contributed by atoms with Crippen LogP contribution in [0.3, 0.4) is 0 Å². The molecule has 0 aliphatic carbocycles. The summed E-state index contributed by atoms with van der Waals surface area (Å²) in [6.07, 6.45) is 1.83. The lowest BCUT2D eigenvalue weighted by atomic mass is 10.2. The summed E-state index contributed by atoms with van der Waals surface area (Å²) < 4.78 is 4.69. The topological polar surface area (TPSA) is 64.1 Å². The average molecular weight is 271 g/mol. The summed E-state index contributed by atoms with van der Waals surface area (Å²) in [7, 11) is 1.36. The van der Waals surface area contributed by atoms with Crippen molar-refractivity contribution in [3.8, 4) is 0 Å². The van der Waals surface area contributed by atoms with Gasteiger partial charge in [0, 0.05) is 18.4 Å². The molecular weight excluding hydrogens is 254 g/mol. The van der Waals surface area contributed by atoms with Crippen LogP contribution in [0.1, 0.15) is 27.3 Å². The van der Waals surface area contributed by atoms with E-state index in [2.05, 4.69) is 20.0 Å². The maximum absolute atomic E-state index is 11.5. The number of aromatic nitrogens is 2. The van der Waals surface area contributed by atoms with Crippen LogP contribution in [0.25, 0.3) is 0 Å². The number of esters is 1. The molecule has 0 bridgehead atoms. The number of pyridine rings is 2. The summed E-state index contributed by atoms with van der Waals surface area (Å²) in [6.45, 7) is 4.37. The van der Waals surface area contributed by atoms with E-state index in [-0.39, 0.29) is 5.97 Å². The highest BCUT2D eigenvalue weighted by atomic mass is 16.5. The van der Waals surface area contributed by atoms with Gasteiger partial charge in [-0.1, -0.05) is 6.07 Å². The Labute approximate surface area is 118 Å². The number of nitrogens with zero attached hydrogens (tertiary/aromatic N) is 2. The van der Waals surface area contributed by atoms with Crippen LogP contribution in [0.5, 0.6) is 0 Å². The molecule has 0 radical (unpaired) electrons. The van der Waals surface area contributed by atoms with E-state index >= 15 is 0 Å². The second-order valence-electron chi connectivity index (χ2n) is 4.48. The maximum Gasteiger partial charge on any atom is 0.339 e. The Balaban J connectivity index is 2.05. The molecule has 0 saturated heterocycles. The second-order valence-corrected chi connectivity index (χ2v) is 4.48. The van der Waals surface area contributed by atoms with Gasteiger partial charge in [-0.3, -0.25) is 4.98 Å². The van der Waals surface area contributed by atoms with Crippen molar-refractivity contribution in [1.29, 1.82) is 0 Å². The van der Waals surface area contributed by atoms with Gasteiger partial charge in [0.1, 0.15) is 5.82 Å². The van der Waals surface area contributed by atoms with Crippen LogP contribution in [0.2, 0.25) is 0 Å². The van der Waals surface area contributed by atoms with Crippen LogP contribution >= 0.6 is 0 Å². The lowest BCUT2D eigenvalue weighted by Crippen LogP contribution is -2.08. The Morgan fingerprint density at radius 2 is 2.05 bits per heavy atom. The van der Waals surface area contributed by atoms with E-state index in [9.17, 15) is 4.79 Å². The molecule has 0 saturated carbocycles. The SMILES string of the molecule is COC(=O)c1ccc(NCc2ccc(C)nc2)nc1C. The predicted octanol–water partition coefficient (Wildman–Crippen LogP) is 2.49. The fourth-order valence-electron chi connectivity index (χ4n) is 1.78. The fraction of sp³-hybridized carbons (Fsp3) is 0.267. The number of carbonyl (C=O) groups is 1. The Bertz CT molecular complexity index is 609. The average Bonchev–Trinajstić information content (AvgIpc) is 2.46. The van der Waals surface area contributed by atoms with Crippen molar-refractivity contribution in [1.82, 2.24) is 9.97 Å². The lowest BCUT2D eigenvalue weighted by Gasteiger charge is -2.08. The van der Waals surface area contributed by atoms with Crippen molar-refractivity contribution in [2.75, 3.05) is 12.4 Å². The number of methoxy groups -OCH3 is 1. The fourth-order valence-corrected chi connectivity index (χ4v) is 1.78. The van der Waals surface area contributed by atoms with Crippen molar-refractivity contribution in [3.05, 3.63) is 53.0 Å². The zero-order valence-corrected chi connectivity index (χ0v) is 11.8. The van der Waals surface area contributed by atoms with Crippen molar-refractivity contribution in [2.45, 2.75) is 20.4 Å². The third kappa shape index (κ3) is 3.32. The third-order valence-corrected chi connectivity index (χ3v) is 2.94. The number of ether oxygens (including phenoxy) is 1. The maximum atomic E-state index is 11.5. The first-order chi connectivity index (χ1) is 9.60. The monoisotopic (exact) mass is 271 g/mol. The highest BCUT2D eigenvalue weighted by Gasteiger charge is 2.10. The summed E-state index contributed by atoms with van der Waals surface area (Å²) in [5, 5.41) is 3.20. The van der Waals surface area contributed by atoms with E-state index in [0.29, 0.717) is 17.8 Å². The van der Waals surface area contributed by atoms with Gasteiger partial charge in [-0.2, -0.15) is 0 Å². The van der Waals surface area contributed by atoms with Crippen LogP contribution in [0, 0.1) is 13.8 Å². The summed E-state index contributed by atoms with van der Waals surface area (Å²) in [6, 6.07) is 7.46. The molecular formula is C15H17N3O2.